The minimum atomic E-state index is -0.116. The van der Waals surface area contributed by atoms with E-state index in [0.717, 1.165) is 22.4 Å². The molecule has 1 aromatic heterocycles. The van der Waals surface area contributed by atoms with Gasteiger partial charge in [-0.1, -0.05) is 24.3 Å². The molecule has 0 saturated heterocycles. The number of hydrogen-bond donors (Lipinski definition) is 1. The van der Waals surface area contributed by atoms with Crippen LogP contribution >= 0.6 is 11.8 Å². The fraction of sp³-hybridized carbons (Fsp3) is 0.115. The lowest BCUT2D eigenvalue weighted by molar-refractivity contribution is 0.0951. The van der Waals surface area contributed by atoms with Gasteiger partial charge in [0.2, 0.25) is 0 Å². The number of thioether (sulfide) groups is 1. The molecule has 4 aromatic rings. The number of nitrogens with one attached hydrogen (secondary N) is 1. The van der Waals surface area contributed by atoms with Gasteiger partial charge in [0.1, 0.15) is 11.5 Å². The fourth-order valence-corrected chi connectivity index (χ4v) is 3.52. The normalized spacial score (nSPS) is 10.5. The van der Waals surface area contributed by atoms with Crippen LogP contribution in [-0.2, 0) is 6.54 Å². The fourth-order valence-electron chi connectivity index (χ4n) is 3.11. The Kier molecular flexibility index (Phi) is 7.22. The lowest BCUT2D eigenvalue weighted by atomic mass is 10.1. The van der Waals surface area contributed by atoms with Crippen LogP contribution in [-0.4, -0.2) is 29.2 Å². The Bertz CT molecular complexity index is 1190. The summed E-state index contributed by atoms with van der Waals surface area (Å²) < 4.78 is 10.8. The van der Waals surface area contributed by atoms with Gasteiger partial charge in [-0.2, -0.15) is 0 Å². The molecule has 0 atom stereocenters. The van der Waals surface area contributed by atoms with E-state index in [1.807, 2.05) is 42.7 Å². The summed E-state index contributed by atoms with van der Waals surface area (Å²) in [4.78, 5) is 22.2. The Morgan fingerprint density at radius 3 is 2.09 bits per heavy atom. The first-order valence-corrected chi connectivity index (χ1v) is 11.5. The highest BCUT2D eigenvalue weighted by Crippen LogP contribution is 2.23. The summed E-state index contributed by atoms with van der Waals surface area (Å²) >= 11 is 1.69. The van der Waals surface area contributed by atoms with Gasteiger partial charge in [-0.05, 0) is 65.9 Å². The van der Waals surface area contributed by atoms with Gasteiger partial charge in [0, 0.05) is 35.0 Å². The van der Waals surface area contributed by atoms with E-state index in [0.29, 0.717) is 17.9 Å². The van der Waals surface area contributed by atoms with Gasteiger partial charge < -0.3 is 14.8 Å². The van der Waals surface area contributed by atoms with Gasteiger partial charge in [-0.15, -0.1) is 11.8 Å². The molecule has 0 saturated carbocycles. The van der Waals surface area contributed by atoms with Crippen LogP contribution in [0.15, 0.2) is 90.1 Å². The van der Waals surface area contributed by atoms with E-state index < -0.39 is 0 Å². The maximum absolute atomic E-state index is 12.5. The molecule has 1 amide bonds. The van der Waals surface area contributed by atoms with Crippen LogP contribution in [0.1, 0.15) is 15.9 Å². The number of amides is 1. The summed E-state index contributed by atoms with van der Waals surface area (Å²) in [5.41, 5.74) is 3.40. The van der Waals surface area contributed by atoms with Crippen LogP contribution < -0.4 is 14.8 Å². The number of carbonyl (C=O) groups is 1. The van der Waals surface area contributed by atoms with E-state index in [4.69, 9.17) is 9.47 Å². The zero-order valence-electron chi connectivity index (χ0n) is 18.3. The average Bonchev–Trinajstić information content (AvgIpc) is 2.88. The van der Waals surface area contributed by atoms with Crippen molar-refractivity contribution in [3.05, 3.63) is 96.3 Å². The molecule has 6 nitrogen and oxygen atoms in total. The smallest absolute Gasteiger partial charge is 0.321 e. The Hall–Kier alpha value is -3.84. The number of rotatable bonds is 8. The second-order valence-corrected chi connectivity index (χ2v) is 8.02. The van der Waals surface area contributed by atoms with E-state index in [-0.39, 0.29) is 11.9 Å². The average molecular weight is 458 g/mol. The first kappa shape index (κ1) is 22.4. The molecule has 0 spiro atoms. The molecular formula is C26H23N3O3S. The lowest BCUT2D eigenvalue weighted by Gasteiger charge is -2.08. The molecule has 4 rings (SSSR count). The second-order valence-electron chi connectivity index (χ2n) is 7.14. The molecule has 0 radical (unpaired) electrons. The molecule has 0 bridgehead atoms. The summed E-state index contributed by atoms with van der Waals surface area (Å²) in [7, 11) is 1.61. The monoisotopic (exact) mass is 457 g/mol. The minimum Gasteiger partial charge on any atom is -0.497 e. The zero-order chi connectivity index (χ0) is 23.0. The van der Waals surface area contributed by atoms with E-state index in [2.05, 4.69) is 27.4 Å². The summed E-state index contributed by atoms with van der Waals surface area (Å²) in [5.74, 6) is 1.26. The number of methoxy groups -OCH3 is 1. The first-order valence-electron chi connectivity index (χ1n) is 10.3. The van der Waals surface area contributed by atoms with E-state index in [9.17, 15) is 4.79 Å². The largest absolute Gasteiger partial charge is 0.497 e. The Balaban J connectivity index is 1.35. The van der Waals surface area contributed by atoms with Crippen molar-refractivity contribution in [2.75, 3.05) is 13.4 Å². The summed E-state index contributed by atoms with van der Waals surface area (Å²) in [6, 6.07) is 23.0. The summed E-state index contributed by atoms with van der Waals surface area (Å²) in [5, 5.41) is 2.95. The molecule has 7 heteroatoms. The SMILES string of the molecule is COc1ccc(Oc2ncc(-c3ccc(C(=O)NCc4ccc(SC)cc4)cc3)cn2)cc1. The first-order chi connectivity index (χ1) is 16.1. The van der Waals surface area contributed by atoms with E-state index >= 15 is 0 Å². The molecule has 0 fully saturated rings. The van der Waals surface area contributed by atoms with Crippen molar-refractivity contribution in [3.8, 4) is 28.6 Å². The highest BCUT2D eigenvalue weighted by Gasteiger charge is 2.08. The highest BCUT2D eigenvalue weighted by molar-refractivity contribution is 7.98. The van der Waals surface area contributed by atoms with Gasteiger partial charge >= 0.3 is 6.01 Å². The molecule has 0 aliphatic rings. The van der Waals surface area contributed by atoms with Crippen LogP contribution in [0.5, 0.6) is 17.5 Å². The summed E-state index contributed by atoms with van der Waals surface area (Å²) in [6.45, 7) is 0.485. The van der Waals surface area contributed by atoms with E-state index in [1.54, 1.807) is 55.5 Å². The third kappa shape index (κ3) is 5.90. The number of nitrogens with zero attached hydrogens (tertiary/aromatic N) is 2. The van der Waals surface area contributed by atoms with Gasteiger partial charge in [0.05, 0.1) is 7.11 Å². The Labute approximate surface area is 197 Å². The van der Waals surface area contributed by atoms with Crippen molar-refractivity contribution in [2.45, 2.75) is 11.4 Å². The third-order valence-corrected chi connectivity index (χ3v) is 5.73. The molecule has 3 aromatic carbocycles. The van der Waals surface area contributed by atoms with Crippen molar-refractivity contribution in [1.29, 1.82) is 0 Å². The maximum Gasteiger partial charge on any atom is 0.321 e. The molecule has 33 heavy (non-hydrogen) atoms. The summed E-state index contributed by atoms with van der Waals surface area (Å²) in [6.07, 6.45) is 5.43. The van der Waals surface area contributed by atoms with Crippen molar-refractivity contribution < 1.29 is 14.3 Å². The Morgan fingerprint density at radius 1 is 0.848 bits per heavy atom. The van der Waals surface area contributed by atoms with Crippen LogP contribution in [0.3, 0.4) is 0 Å². The van der Waals surface area contributed by atoms with Gasteiger partial charge in [0.15, 0.2) is 0 Å². The molecule has 1 N–H and O–H groups in total. The van der Waals surface area contributed by atoms with Crippen molar-refractivity contribution in [2.24, 2.45) is 0 Å². The molecule has 0 unspecified atom stereocenters. The van der Waals surface area contributed by atoms with Crippen LogP contribution in [0.25, 0.3) is 11.1 Å². The predicted octanol–water partition coefficient (Wildman–Crippen LogP) is 5.60. The highest BCUT2D eigenvalue weighted by atomic mass is 32.2. The van der Waals surface area contributed by atoms with Crippen LogP contribution in [0.2, 0.25) is 0 Å². The molecule has 166 valence electrons. The van der Waals surface area contributed by atoms with Gasteiger partial charge in [0.25, 0.3) is 5.91 Å². The van der Waals surface area contributed by atoms with Crippen molar-refractivity contribution in [3.63, 3.8) is 0 Å². The molecule has 1 heterocycles. The number of ether oxygens (including phenoxy) is 2. The number of benzene rings is 3. The maximum atomic E-state index is 12.5. The van der Waals surface area contributed by atoms with Gasteiger partial charge in [-0.3, -0.25) is 4.79 Å². The number of aromatic nitrogens is 2. The molecule has 0 aliphatic carbocycles. The van der Waals surface area contributed by atoms with Gasteiger partial charge in [-0.25, -0.2) is 9.97 Å². The van der Waals surface area contributed by atoms with Crippen LogP contribution in [0.4, 0.5) is 0 Å². The topological polar surface area (TPSA) is 73.3 Å². The second kappa shape index (κ2) is 10.7. The minimum absolute atomic E-state index is 0.116. The van der Waals surface area contributed by atoms with Crippen molar-refractivity contribution in [1.82, 2.24) is 15.3 Å². The number of carbonyl (C=O) groups excluding carboxylic acids is 1. The Morgan fingerprint density at radius 2 is 1.48 bits per heavy atom. The third-order valence-electron chi connectivity index (χ3n) is 4.99. The predicted molar refractivity (Wildman–Crippen MR) is 130 cm³/mol. The van der Waals surface area contributed by atoms with E-state index in [1.165, 1.54) is 4.90 Å². The van der Waals surface area contributed by atoms with Crippen molar-refractivity contribution >= 4 is 17.7 Å². The number of hydrogen-bond acceptors (Lipinski definition) is 6. The lowest BCUT2D eigenvalue weighted by Crippen LogP contribution is -2.22. The molecular weight excluding hydrogens is 434 g/mol. The molecule has 0 aliphatic heterocycles. The standard InChI is InChI=1S/C26H23N3O3S/c1-31-22-9-11-23(12-10-22)32-26-28-16-21(17-29-26)19-5-7-20(8-6-19)25(30)27-15-18-3-13-24(33-2)14-4-18/h3-14,16-17H,15H2,1-2H3,(H,27,30). The van der Waals surface area contributed by atoms with Crippen LogP contribution in [0, 0.1) is 0 Å². The zero-order valence-corrected chi connectivity index (χ0v) is 19.1. The quantitative estimate of drug-likeness (QED) is 0.347.